The summed E-state index contributed by atoms with van der Waals surface area (Å²) in [5.41, 5.74) is 5.89. The molecule has 2 saturated heterocycles. The maximum atomic E-state index is 5.89. The first-order chi connectivity index (χ1) is 9.61. The molecule has 2 atom stereocenters. The van der Waals surface area contributed by atoms with E-state index in [0.29, 0.717) is 17.8 Å². The second-order valence-electron chi connectivity index (χ2n) is 6.39. The summed E-state index contributed by atoms with van der Waals surface area (Å²) in [6.45, 7) is 6.68. The predicted molar refractivity (Wildman–Crippen MR) is 81.8 cm³/mol. The van der Waals surface area contributed by atoms with E-state index in [2.05, 4.69) is 34.0 Å². The number of fused-ring (bicyclic) bond motifs is 1. The quantitative estimate of drug-likeness (QED) is 0.885. The summed E-state index contributed by atoms with van der Waals surface area (Å²) in [5, 5.41) is 3.57. The monoisotopic (exact) mass is 275 g/mol. The minimum Gasteiger partial charge on any atom is -0.384 e. The zero-order valence-electron chi connectivity index (χ0n) is 12.5. The molecule has 3 N–H and O–H groups in total. The van der Waals surface area contributed by atoms with Crippen LogP contribution in [-0.4, -0.2) is 40.0 Å². The van der Waals surface area contributed by atoms with Crippen molar-refractivity contribution in [2.45, 2.75) is 57.5 Å². The van der Waals surface area contributed by atoms with E-state index in [0.717, 1.165) is 17.7 Å². The van der Waals surface area contributed by atoms with Gasteiger partial charge in [0.1, 0.15) is 17.5 Å². The SMILES string of the molecule is CC(C)c1nc(N)cc(NC2CCN3CCCC3C2)n1. The third kappa shape index (κ3) is 2.87. The number of nitrogens with zero attached hydrogens (tertiary/aromatic N) is 3. The van der Waals surface area contributed by atoms with Crippen molar-refractivity contribution in [3.05, 3.63) is 11.9 Å². The van der Waals surface area contributed by atoms with Crippen LogP contribution >= 0.6 is 0 Å². The minimum absolute atomic E-state index is 0.302. The Morgan fingerprint density at radius 3 is 2.95 bits per heavy atom. The van der Waals surface area contributed by atoms with E-state index >= 15 is 0 Å². The molecule has 0 amide bonds. The normalized spacial score (nSPS) is 26.8. The number of nitrogens with two attached hydrogens (primary N) is 1. The van der Waals surface area contributed by atoms with Crippen LogP contribution in [0.15, 0.2) is 6.07 Å². The molecule has 3 rings (SSSR count). The van der Waals surface area contributed by atoms with Gasteiger partial charge in [0.15, 0.2) is 0 Å². The maximum Gasteiger partial charge on any atom is 0.135 e. The fourth-order valence-electron chi connectivity index (χ4n) is 3.38. The number of aromatic nitrogens is 2. The molecule has 0 aromatic carbocycles. The van der Waals surface area contributed by atoms with Crippen molar-refractivity contribution >= 4 is 11.6 Å². The van der Waals surface area contributed by atoms with Crippen LogP contribution in [0.2, 0.25) is 0 Å². The third-order valence-electron chi connectivity index (χ3n) is 4.45. The van der Waals surface area contributed by atoms with Gasteiger partial charge in [0.2, 0.25) is 0 Å². The zero-order valence-corrected chi connectivity index (χ0v) is 12.5. The number of hydrogen-bond acceptors (Lipinski definition) is 5. The number of nitrogens with one attached hydrogen (secondary N) is 1. The van der Waals surface area contributed by atoms with E-state index in [1.165, 1.54) is 38.8 Å². The lowest BCUT2D eigenvalue weighted by molar-refractivity contribution is 0.188. The molecule has 5 heteroatoms. The molecule has 0 spiro atoms. The van der Waals surface area contributed by atoms with Gasteiger partial charge in [0, 0.05) is 30.6 Å². The lowest BCUT2D eigenvalue weighted by atomic mass is 9.97. The number of nitrogen functional groups attached to an aromatic ring is 1. The lowest BCUT2D eigenvalue weighted by Gasteiger charge is -2.35. The summed E-state index contributed by atoms with van der Waals surface area (Å²) in [6, 6.07) is 3.14. The second-order valence-corrected chi connectivity index (χ2v) is 6.39. The average molecular weight is 275 g/mol. The van der Waals surface area contributed by atoms with Crippen molar-refractivity contribution in [1.82, 2.24) is 14.9 Å². The lowest BCUT2D eigenvalue weighted by Crippen LogP contribution is -2.42. The molecule has 0 saturated carbocycles. The van der Waals surface area contributed by atoms with Gasteiger partial charge >= 0.3 is 0 Å². The fraction of sp³-hybridized carbons (Fsp3) is 0.733. The van der Waals surface area contributed by atoms with Gasteiger partial charge in [0.25, 0.3) is 0 Å². The Balaban J connectivity index is 1.68. The highest BCUT2D eigenvalue weighted by Crippen LogP contribution is 2.28. The van der Waals surface area contributed by atoms with E-state index in [4.69, 9.17) is 5.73 Å². The van der Waals surface area contributed by atoms with Crippen LogP contribution in [0.3, 0.4) is 0 Å². The van der Waals surface area contributed by atoms with Crippen LogP contribution in [-0.2, 0) is 0 Å². The predicted octanol–water partition coefficient (Wildman–Crippen LogP) is 2.22. The van der Waals surface area contributed by atoms with Crippen molar-refractivity contribution in [3.63, 3.8) is 0 Å². The molecule has 1 aromatic heterocycles. The van der Waals surface area contributed by atoms with Gasteiger partial charge in [-0.25, -0.2) is 9.97 Å². The summed E-state index contributed by atoms with van der Waals surface area (Å²) < 4.78 is 0. The molecular weight excluding hydrogens is 250 g/mol. The van der Waals surface area contributed by atoms with E-state index in [1.807, 2.05) is 6.07 Å². The van der Waals surface area contributed by atoms with Crippen LogP contribution in [0.4, 0.5) is 11.6 Å². The van der Waals surface area contributed by atoms with Gasteiger partial charge < -0.3 is 16.0 Å². The smallest absolute Gasteiger partial charge is 0.135 e. The number of rotatable bonds is 3. The fourth-order valence-corrected chi connectivity index (χ4v) is 3.38. The van der Waals surface area contributed by atoms with Crippen LogP contribution < -0.4 is 11.1 Å². The van der Waals surface area contributed by atoms with Crippen LogP contribution in [0.5, 0.6) is 0 Å². The van der Waals surface area contributed by atoms with Gasteiger partial charge in [-0.15, -0.1) is 0 Å². The average Bonchev–Trinajstić information content (AvgIpc) is 2.85. The molecule has 2 aliphatic heterocycles. The molecule has 0 aliphatic carbocycles. The molecule has 2 fully saturated rings. The first-order valence-corrected chi connectivity index (χ1v) is 7.77. The van der Waals surface area contributed by atoms with E-state index in [-0.39, 0.29) is 0 Å². The molecule has 20 heavy (non-hydrogen) atoms. The third-order valence-corrected chi connectivity index (χ3v) is 4.45. The van der Waals surface area contributed by atoms with Crippen molar-refractivity contribution in [2.75, 3.05) is 24.1 Å². The van der Waals surface area contributed by atoms with Gasteiger partial charge in [0.05, 0.1) is 0 Å². The Hall–Kier alpha value is -1.36. The van der Waals surface area contributed by atoms with Gasteiger partial charge in [-0.1, -0.05) is 13.8 Å². The Kier molecular flexibility index (Phi) is 3.78. The number of piperidine rings is 1. The highest BCUT2D eigenvalue weighted by Gasteiger charge is 2.31. The molecule has 110 valence electrons. The van der Waals surface area contributed by atoms with Crippen LogP contribution in [0.25, 0.3) is 0 Å². The van der Waals surface area contributed by atoms with E-state index < -0.39 is 0 Å². The summed E-state index contributed by atoms with van der Waals surface area (Å²) in [5.74, 6) is 2.57. The molecule has 1 aromatic rings. The van der Waals surface area contributed by atoms with Gasteiger partial charge in [-0.3, -0.25) is 0 Å². The van der Waals surface area contributed by atoms with Gasteiger partial charge in [-0.05, 0) is 32.2 Å². The second kappa shape index (κ2) is 5.56. The molecule has 3 heterocycles. The van der Waals surface area contributed by atoms with Crippen molar-refractivity contribution in [2.24, 2.45) is 0 Å². The molecule has 5 nitrogen and oxygen atoms in total. The number of hydrogen-bond donors (Lipinski definition) is 2. The number of anilines is 2. The highest BCUT2D eigenvalue weighted by atomic mass is 15.2. The Morgan fingerprint density at radius 2 is 2.15 bits per heavy atom. The summed E-state index contributed by atoms with van der Waals surface area (Å²) in [6.07, 6.45) is 5.12. The Morgan fingerprint density at radius 1 is 1.30 bits per heavy atom. The zero-order chi connectivity index (χ0) is 14.1. The van der Waals surface area contributed by atoms with Crippen LogP contribution in [0.1, 0.15) is 51.3 Å². The van der Waals surface area contributed by atoms with Crippen molar-refractivity contribution in [1.29, 1.82) is 0 Å². The van der Waals surface area contributed by atoms with Gasteiger partial charge in [-0.2, -0.15) is 0 Å². The topological polar surface area (TPSA) is 67.1 Å². The minimum atomic E-state index is 0.302. The summed E-state index contributed by atoms with van der Waals surface area (Å²) in [7, 11) is 0. The van der Waals surface area contributed by atoms with E-state index in [1.54, 1.807) is 0 Å². The van der Waals surface area contributed by atoms with Crippen molar-refractivity contribution in [3.8, 4) is 0 Å². The highest BCUT2D eigenvalue weighted by molar-refractivity contribution is 5.45. The molecule has 0 bridgehead atoms. The molecular formula is C15H25N5. The van der Waals surface area contributed by atoms with Crippen molar-refractivity contribution < 1.29 is 0 Å². The molecule has 2 unspecified atom stereocenters. The maximum absolute atomic E-state index is 5.89. The Bertz CT molecular complexity index is 473. The molecule has 0 radical (unpaired) electrons. The van der Waals surface area contributed by atoms with E-state index in [9.17, 15) is 0 Å². The first-order valence-electron chi connectivity index (χ1n) is 7.77. The standard InChI is InChI=1S/C15H25N5/c1-10(2)15-18-13(16)9-14(19-15)17-11-5-7-20-6-3-4-12(20)8-11/h9-12H,3-8H2,1-2H3,(H3,16,17,18,19). The Labute approximate surface area is 121 Å². The summed E-state index contributed by atoms with van der Waals surface area (Å²) in [4.78, 5) is 11.5. The largest absolute Gasteiger partial charge is 0.384 e. The molecule has 2 aliphatic rings. The van der Waals surface area contributed by atoms with Crippen LogP contribution in [0, 0.1) is 0 Å². The summed E-state index contributed by atoms with van der Waals surface area (Å²) >= 11 is 0. The first kappa shape index (κ1) is 13.6.